The van der Waals surface area contributed by atoms with E-state index in [1.54, 1.807) is 29.8 Å². The molecule has 0 bridgehead atoms. The third-order valence-corrected chi connectivity index (χ3v) is 5.29. The molecule has 1 atom stereocenters. The lowest BCUT2D eigenvalue weighted by Crippen LogP contribution is -2.40. The van der Waals surface area contributed by atoms with Crippen molar-refractivity contribution in [1.29, 1.82) is 0 Å². The molecule has 24 heavy (non-hydrogen) atoms. The Morgan fingerprint density at radius 1 is 1.38 bits per heavy atom. The van der Waals surface area contributed by atoms with Crippen molar-refractivity contribution in [3.8, 4) is 11.4 Å². The van der Waals surface area contributed by atoms with E-state index in [2.05, 4.69) is 17.1 Å². The van der Waals surface area contributed by atoms with Crippen LogP contribution in [-0.4, -0.2) is 44.4 Å². The number of nitrogens with zero attached hydrogens (tertiary/aromatic N) is 4. The molecule has 3 rings (SSSR count). The topological polar surface area (TPSA) is 51.0 Å². The number of hydrogen-bond acceptors (Lipinski definition) is 4. The van der Waals surface area contributed by atoms with Crippen LogP contribution in [0.1, 0.15) is 19.8 Å². The zero-order valence-electron chi connectivity index (χ0n) is 13.9. The number of aromatic nitrogens is 3. The van der Waals surface area contributed by atoms with E-state index in [-0.39, 0.29) is 11.7 Å². The van der Waals surface area contributed by atoms with E-state index in [0.29, 0.717) is 28.2 Å². The highest BCUT2D eigenvalue weighted by Crippen LogP contribution is 2.25. The molecule has 2 aromatic rings. The van der Waals surface area contributed by atoms with E-state index in [4.69, 9.17) is 0 Å². The van der Waals surface area contributed by atoms with Crippen LogP contribution < -0.4 is 0 Å². The summed E-state index contributed by atoms with van der Waals surface area (Å²) in [7, 11) is 1.79. The summed E-state index contributed by atoms with van der Waals surface area (Å²) >= 11 is 1.35. The summed E-state index contributed by atoms with van der Waals surface area (Å²) in [5.41, 5.74) is 0.413. The van der Waals surface area contributed by atoms with Crippen LogP contribution in [-0.2, 0) is 11.8 Å². The predicted octanol–water partition coefficient (Wildman–Crippen LogP) is 2.97. The van der Waals surface area contributed by atoms with Gasteiger partial charge in [0.2, 0.25) is 5.91 Å². The molecule has 5 nitrogen and oxygen atoms in total. The van der Waals surface area contributed by atoms with Gasteiger partial charge in [0.1, 0.15) is 5.82 Å². The standard InChI is InChI=1S/C17H21FN4OS/c1-12-6-5-9-22(10-12)15(23)11-24-17-20-19-16(21(17)2)13-7-3-4-8-14(13)18/h3-4,7-8,12H,5-6,9-11H2,1-2H3/t12-/m0/s1. The van der Waals surface area contributed by atoms with Gasteiger partial charge in [0.05, 0.1) is 11.3 Å². The third-order valence-electron chi connectivity index (χ3n) is 4.28. The van der Waals surface area contributed by atoms with Crippen molar-refractivity contribution in [3.63, 3.8) is 0 Å². The van der Waals surface area contributed by atoms with Crippen molar-refractivity contribution in [1.82, 2.24) is 19.7 Å². The summed E-state index contributed by atoms with van der Waals surface area (Å²) < 4.78 is 15.6. The third kappa shape index (κ3) is 3.61. The Balaban J connectivity index is 1.66. The minimum Gasteiger partial charge on any atom is -0.342 e. The first-order chi connectivity index (χ1) is 11.6. The second-order valence-electron chi connectivity index (χ2n) is 6.22. The maximum Gasteiger partial charge on any atom is 0.233 e. The summed E-state index contributed by atoms with van der Waals surface area (Å²) in [5, 5.41) is 8.80. The van der Waals surface area contributed by atoms with Gasteiger partial charge in [-0.2, -0.15) is 0 Å². The van der Waals surface area contributed by atoms with Gasteiger partial charge in [-0.3, -0.25) is 4.79 Å². The lowest BCUT2D eigenvalue weighted by Gasteiger charge is -2.30. The number of carbonyl (C=O) groups excluding carboxylic acids is 1. The second-order valence-corrected chi connectivity index (χ2v) is 7.16. The van der Waals surface area contributed by atoms with Gasteiger partial charge in [-0.25, -0.2) is 4.39 Å². The van der Waals surface area contributed by atoms with Gasteiger partial charge < -0.3 is 9.47 Å². The van der Waals surface area contributed by atoms with E-state index < -0.39 is 0 Å². The van der Waals surface area contributed by atoms with Gasteiger partial charge in [0.15, 0.2) is 11.0 Å². The Kier molecular flexibility index (Phi) is 5.18. The largest absolute Gasteiger partial charge is 0.342 e. The molecule has 1 aromatic carbocycles. The van der Waals surface area contributed by atoms with Gasteiger partial charge in [-0.15, -0.1) is 10.2 Å². The van der Waals surface area contributed by atoms with E-state index in [9.17, 15) is 9.18 Å². The number of piperidine rings is 1. The molecule has 0 unspecified atom stereocenters. The quantitative estimate of drug-likeness (QED) is 0.797. The fraction of sp³-hybridized carbons (Fsp3) is 0.471. The van der Waals surface area contributed by atoms with E-state index >= 15 is 0 Å². The molecule has 1 aliphatic heterocycles. The van der Waals surface area contributed by atoms with Crippen molar-refractivity contribution >= 4 is 17.7 Å². The normalized spacial score (nSPS) is 18.0. The summed E-state index contributed by atoms with van der Waals surface area (Å²) in [4.78, 5) is 14.3. The molecule has 0 N–H and O–H groups in total. The van der Waals surface area contributed by atoms with Crippen molar-refractivity contribution in [2.45, 2.75) is 24.9 Å². The summed E-state index contributed by atoms with van der Waals surface area (Å²) in [6.07, 6.45) is 2.26. The minimum absolute atomic E-state index is 0.127. The van der Waals surface area contributed by atoms with Crippen LogP contribution in [0, 0.1) is 11.7 Å². The van der Waals surface area contributed by atoms with Crippen LogP contribution in [0.3, 0.4) is 0 Å². The smallest absolute Gasteiger partial charge is 0.233 e. The molecular weight excluding hydrogens is 327 g/mol. The van der Waals surface area contributed by atoms with E-state index in [1.165, 1.54) is 24.2 Å². The second kappa shape index (κ2) is 7.34. The van der Waals surface area contributed by atoms with Gasteiger partial charge in [0, 0.05) is 20.1 Å². The number of likely N-dealkylation sites (tertiary alicyclic amines) is 1. The molecule has 1 aromatic heterocycles. The first-order valence-electron chi connectivity index (χ1n) is 8.11. The molecular formula is C17H21FN4OS. The lowest BCUT2D eigenvalue weighted by atomic mass is 10.0. The number of amides is 1. The molecule has 0 radical (unpaired) electrons. The molecule has 7 heteroatoms. The van der Waals surface area contributed by atoms with Crippen molar-refractivity contribution in [2.75, 3.05) is 18.8 Å². The molecule has 2 heterocycles. The monoisotopic (exact) mass is 348 g/mol. The average molecular weight is 348 g/mol. The van der Waals surface area contributed by atoms with Crippen LogP contribution in [0.5, 0.6) is 0 Å². The molecule has 0 saturated carbocycles. The highest BCUT2D eigenvalue weighted by atomic mass is 32.2. The number of benzene rings is 1. The van der Waals surface area contributed by atoms with Crippen molar-refractivity contribution < 1.29 is 9.18 Å². The Morgan fingerprint density at radius 2 is 2.17 bits per heavy atom. The van der Waals surface area contributed by atoms with E-state index in [1.807, 2.05) is 4.90 Å². The highest BCUT2D eigenvalue weighted by Gasteiger charge is 2.22. The molecule has 0 aliphatic carbocycles. The molecule has 1 aliphatic rings. The van der Waals surface area contributed by atoms with Crippen LogP contribution >= 0.6 is 11.8 Å². The number of halogens is 1. The molecule has 128 valence electrons. The lowest BCUT2D eigenvalue weighted by molar-refractivity contribution is -0.130. The average Bonchev–Trinajstić information content (AvgIpc) is 2.94. The Bertz CT molecular complexity index is 733. The minimum atomic E-state index is -0.331. The Morgan fingerprint density at radius 3 is 2.92 bits per heavy atom. The first-order valence-corrected chi connectivity index (χ1v) is 9.09. The first kappa shape index (κ1) is 17.0. The number of carbonyl (C=O) groups is 1. The zero-order chi connectivity index (χ0) is 17.1. The number of thioether (sulfide) groups is 1. The maximum atomic E-state index is 13.9. The summed E-state index contributed by atoms with van der Waals surface area (Å²) in [6, 6.07) is 6.48. The van der Waals surface area contributed by atoms with Gasteiger partial charge in [-0.05, 0) is 30.9 Å². The fourth-order valence-corrected chi connectivity index (χ4v) is 3.77. The SMILES string of the molecule is C[C@H]1CCCN(C(=O)CSc2nnc(-c3ccccc3F)n2C)C1. The van der Waals surface area contributed by atoms with Crippen molar-refractivity contribution in [3.05, 3.63) is 30.1 Å². The molecule has 1 saturated heterocycles. The molecule has 1 fully saturated rings. The maximum absolute atomic E-state index is 13.9. The molecule has 1 amide bonds. The summed E-state index contributed by atoms with van der Waals surface area (Å²) in [6.45, 7) is 3.84. The van der Waals surface area contributed by atoms with Crippen LogP contribution in [0.4, 0.5) is 4.39 Å². The van der Waals surface area contributed by atoms with Gasteiger partial charge >= 0.3 is 0 Å². The summed E-state index contributed by atoms with van der Waals surface area (Å²) in [5.74, 6) is 1.16. The van der Waals surface area contributed by atoms with E-state index in [0.717, 1.165) is 19.5 Å². The van der Waals surface area contributed by atoms with Crippen LogP contribution in [0.25, 0.3) is 11.4 Å². The fourth-order valence-electron chi connectivity index (χ4n) is 2.95. The predicted molar refractivity (Wildman–Crippen MR) is 92.1 cm³/mol. The van der Waals surface area contributed by atoms with Gasteiger partial charge in [0.25, 0.3) is 0 Å². The van der Waals surface area contributed by atoms with Crippen LogP contribution in [0.15, 0.2) is 29.4 Å². The van der Waals surface area contributed by atoms with Crippen molar-refractivity contribution in [2.24, 2.45) is 13.0 Å². The Hall–Kier alpha value is -1.89. The highest BCUT2D eigenvalue weighted by molar-refractivity contribution is 7.99. The molecule has 0 spiro atoms. The zero-order valence-corrected chi connectivity index (χ0v) is 14.7. The number of hydrogen-bond donors (Lipinski definition) is 0. The Labute approximate surface area is 145 Å². The number of rotatable bonds is 4. The van der Waals surface area contributed by atoms with Crippen LogP contribution in [0.2, 0.25) is 0 Å². The van der Waals surface area contributed by atoms with Gasteiger partial charge in [-0.1, -0.05) is 30.8 Å².